The molecular formula is C17H15ClO3. The van der Waals surface area contributed by atoms with Gasteiger partial charge in [0.2, 0.25) is 0 Å². The van der Waals surface area contributed by atoms with Crippen LogP contribution in [0.3, 0.4) is 0 Å². The molecule has 0 saturated heterocycles. The highest BCUT2D eigenvalue weighted by Crippen LogP contribution is 2.34. The normalized spacial score (nSPS) is 16.5. The summed E-state index contributed by atoms with van der Waals surface area (Å²) >= 11 is 5.54. The van der Waals surface area contributed by atoms with Crippen LogP contribution in [0, 0.1) is 0 Å². The highest BCUT2D eigenvalue weighted by atomic mass is 35.5. The molecule has 0 aromatic heterocycles. The molecule has 0 N–H and O–H groups in total. The number of ether oxygens (including phenoxy) is 2. The van der Waals surface area contributed by atoms with Crippen molar-refractivity contribution >= 4 is 16.8 Å². The molecule has 4 bridgehead atoms. The fraction of sp³-hybridized carbons (Fsp3) is 0.235. The molecule has 108 valence electrons. The van der Waals surface area contributed by atoms with Gasteiger partial charge in [-0.15, -0.1) is 0 Å². The first-order valence-electron chi connectivity index (χ1n) is 6.70. The number of benzene rings is 2. The van der Waals surface area contributed by atoms with Crippen LogP contribution in [0.4, 0.5) is 0 Å². The van der Waals surface area contributed by atoms with E-state index in [0.717, 1.165) is 11.1 Å². The Morgan fingerprint density at radius 2 is 1.29 bits per heavy atom. The summed E-state index contributed by atoms with van der Waals surface area (Å²) in [6.45, 7) is 4.32. The van der Waals surface area contributed by atoms with Crippen molar-refractivity contribution in [1.29, 1.82) is 0 Å². The van der Waals surface area contributed by atoms with Gasteiger partial charge in [-0.25, -0.2) is 0 Å². The summed E-state index contributed by atoms with van der Waals surface area (Å²) < 4.78 is 11.0. The average Bonchev–Trinajstić information content (AvgIpc) is 2.46. The highest BCUT2D eigenvalue weighted by Gasteiger charge is 2.26. The van der Waals surface area contributed by atoms with Gasteiger partial charge in [-0.1, -0.05) is 38.1 Å². The number of hydrogen-bond donors (Lipinski definition) is 0. The Morgan fingerprint density at radius 1 is 0.905 bits per heavy atom. The summed E-state index contributed by atoms with van der Waals surface area (Å²) in [6, 6.07) is 15.2. The Labute approximate surface area is 128 Å². The van der Waals surface area contributed by atoms with Gasteiger partial charge in [-0.3, -0.25) is 4.79 Å². The number of hydrogen-bond acceptors (Lipinski definition) is 3. The lowest BCUT2D eigenvalue weighted by molar-refractivity contribution is -0.129. The lowest BCUT2D eigenvalue weighted by atomic mass is 9.78. The monoisotopic (exact) mass is 302 g/mol. The third-order valence-electron chi connectivity index (χ3n) is 3.82. The first-order chi connectivity index (χ1) is 9.96. The zero-order valence-corrected chi connectivity index (χ0v) is 12.6. The summed E-state index contributed by atoms with van der Waals surface area (Å²) in [7, 11) is 0. The molecule has 4 heterocycles. The maximum Gasteiger partial charge on any atom is 0.316 e. The molecule has 0 radical (unpaired) electrons. The van der Waals surface area contributed by atoms with Crippen LogP contribution in [-0.4, -0.2) is 11.5 Å². The van der Waals surface area contributed by atoms with Gasteiger partial charge in [0, 0.05) is 5.41 Å². The fourth-order valence-corrected chi connectivity index (χ4v) is 2.52. The molecule has 6 rings (SSSR count). The van der Waals surface area contributed by atoms with Crippen LogP contribution in [0.25, 0.3) is 0 Å². The van der Waals surface area contributed by atoms with E-state index in [4.69, 9.17) is 21.1 Å². The second-order valence-corrected chi connectivity index (χ2v) is 5.92. The molecule has 4 heteroatoms. The summed E-state index contributed by atoms with van der Waals surface area (Å²) in [4.78, 5) is 11.4. The number of carbonyl (C=O) groups is 1. The van der Waals surface area contributed by atoms with E-state index >= 15 is 0 Å². The second-order valence-electron chi connectivity index (χ2n) is 5.55. The van der Waals surface area contributed by atoms with Crippen LogP contribution in [0.2, 0.25) is 0 Å². The van der Waals surface area contributed by atoms with Crippen molar-refractivity contribution in [2.24, 2.45) is 0 Å². The van der Waals surface area contributed by atoms with Crippen molar-refractivity contribution in [3.8, 4) is 11.5 Å². The summed E-state index contributed by atoms with van der Waals surface area (Å²) in [5.74, 6) is 1.09. The molecule has 0 unspecified atom stereocenters. The minimum absolute atomic E-state index is 0.127. The van der Waals surface area contributed by atoms with E-state index in [0.29, 0.717) is 11.5 Å². The van der Waals surface area contributed by atoms with Gasteiger partial charge in [-0.05, 0) is 47.0 Å². The average molecular weight is 303 g/mol. The van der Waals surface area contributed by atoms with Gasteiger partial charge < -0.3 is 9.47 Å². The van der Waals surface area contributed by atoms with Crippen molar-refractivity contribution in [3.05, 3.63) is 59.7 Å². The Morgan fingerprint density at radius 3 is 1.62 bits per heavy atom. The molecule has 21 heavy (non-hydrogen) atoms. The van der Waals surface area contributed by atoms with E-state index in [2.05, 4.69) is 13.8 Å². The molecule has 2 aromatic carbocycles. The van der Waals surface area contributed by atoms with E-state index in [1.807, 2.05) is 48.5 Å². The zero-order chi connectivity index (χ0) is 15.0. The molecule has 4 aliphatic rings. The van der Waals surface area contributed by atoms with Crippen LogP contribution in [0.5, 0.6) is 11.5 Å². The van der Waals surface area contributed by atoms with Crippen molar-refractivity contribution < 1.29 is 14.3 Å². The highest BCUT2D eigenvalue weighted by molar-refractivity contribution is 6.64. The molecule has 3 nitrogen and oxygen atoms in total. The molecule has 0 aliphatic carbocycles. The maximum absolute atomic E-state index is 11.4. The summed E-state index contributed by atoms with van der Waals surface area (Å²) in [6.07, 6.45) is -1.16. The largest absolute Gasteiger partial charge is 0.447 e. The van der Waals surface area contributed by atoms with Crippen LogP contribution in [-0.2, 0) is 10.2 Å². The van der Waals surface area contributed by atoms with Crippen molar-refractivity contribution in [2.45, 2.75) is 25.6 Å². The molecule has 2 aromatic rings. The quantitative estimate of drug-likeness (QED) is 0.750. The van der Waals surface area contributed by atoms with Gasteiger partial charge in [0.05, 0.1) is 0 Å². The first-order valence-corrected chi connectivity index (χ1v) is 7.08. The van der Waals surface area contributed by atoms with Gasteiger partial charge in [0.25, 0.3) is 0 Å². The van der Waals surface area contributed by atoms with Crippen molar-refractivity contribution in [2.75, 3.05) is 0 Å². The first kappa shape index (κ1) is 14.0. The molecular weight excluding hydrogens is 288 g/mol. The Balaban J connectivity index is 2.13. The van der Waals surface area contributed by atoms with Gasteiger partial charge in [0.15, 0.2) is 0 Å². The lowest BCUT2D eigenvalue weighted by Crippen LogP contribution is -2.30. The molecule has 0 atom stereocenters. The van der Waals surface area contributed by atoms with Crippen LogP contribution >= 0.6 is 11.6 Å². The lowest BCUT2D eigenvalue weighted by Gasteiger charge is -2.28. The predicted molar refractivity (Wildman–Crippen MR) is 80.9 cm³/mol. The third-order valence-corrected chi connectivity index (χ3v) is 4.00. The summed E-state index contributed by atoms with van der Waals surface area (Å²) in [5, 5.41) is -0.694. The predicted octanol–water partition coefficient (Wildman–Crippen LogP) is 3.88. The Kier molecular flexibility index (Phi) is 3.38. The zero-order valence-electron chi connectivity index (χ0n) is 11.8. The minimum Gasteiger partial charge on any atom is -0.447 e. The Bertz CT molecular complexity index is 608. The van der Waals surface area contributed by atoms with E-state index in [1.165, 1.54) is 0 Å². The minimum atomic E-state index is -1.16. The molecule has 4 aliphatic heterocycles. The molecule has 0 saturated carbocycles. The van der Waals surface area contributed by atoms with Crippen molar-refractivity contribution in [3.63, 3.8) is 0 Å². The smallest absolute Gasteiger partial charge is 0.316 e. The SMILES string of the molecule is CC1(C)c2ccc(cc2)OC(C(=O)Cl)Oc2ccc1cc2. The maximum atomic E-state index is 11.4. The number of rotatable bonds is 1. The van der Waals surface area contributed by atoms with E-state index < -0.39 is 11.5 Å². The van der Waals surface area contributed by atoms with E-state index in [1.54, 1.807) is 0 Å². The van der Waals surface area contributed by atoms with Gasteiger partial charge >= 0.3 is 11.5 Å². The van der Waals surface area contributed by atoms with E-state index in [9.17, 15) is 4.79 Å². The fourth-order valence-electron chi connectivity index (χ4n) is 2.43. The van der Waals surface area contributed by atoms with Gasteiger partial charge in [-0.2, -0.15) is 0 Å². The van der Waals surface area contributed by atoms with Crippen LogP contribution in [0.1, 0.15) is 25.0 Å². The van der Waals surface area contributed by atoms with Crippen molar-refractivity contribution in [1.82, 2.24) is 0 Å². The Hall–Kier alpha value is -2.00. The number of carbonyl (C=O) groups excluding carboxylic acids is 1. The van der Waals surface area contributed by atoms with Gasteiger partial charge in [0.1, 0.15) is 11.5 Å². The second kappa shape index (κ2) is 5.08. The standard InChI is InChI=1S/C17H15ClO3/c1-17(2)11-3-7-13(8-4-11)20-16(15(18)19)21-14-9-5-12(17)6-10-14/h3-10,16H,1-2H3. The third kappa shape index (κ3) is 2.61. The topological polar surface area (TPSA) is 35.5 Å². The molecule has 0 amide bonds. The molecule has 0 spiro atoms. The van der Waals surface area contributed by atoms with E-state index in [-0.39, 0.29) is 5.41 Å². The molecule has 0 fully saturated rings. The summed E-state index contributed by atoms with van der Waals surface area (Å²) in [5.41, 5.74) is 2.20. The van der Waals surface area contributed by atoms with Crippen LogP contribution in [0.15, 0.2) is 48.5 Å². The number of halogens is 1. The van der Waals surface area contributed by atoms with Crippen LogP contribution < -0.4 is 9.47 Å².